The Morgan fingerprint density at radius 1 is 0.897 bits per heavy atom. The van der Waals surface area contributed by atoms with Gasteiger partial charge in [0.2, 0.25) is 0 Å². The first-order chi connectivity index (χ1) is 13.8. The number of pyridine rings is 1. The number of hydrogen-bond acceptors (Lipinski definition) is 6. The first-order valence-electron chi connectivity index (χ1n) is 8.19. The second kappa shape index (κ2) is 7.69. The van der Waals surface area contributed by atoms with Crippen molar-refractivity contribution in [1.29, 1.82) is 0 Å². The molecule has 5 N–H and O–H groups in total. The van der Waals surface area contributed by atoms with E-state index in [4.69, 9.17) is 10.5 Å². The molecule has 0 fully saturated rings. The Hall–Kier alpha value is -4.40. The van der Waals surface area contributed by atoms with Crippen LogP contribution in [0.3, 0.4) is 0 Å². The highest BCUT2D eigenvalue weighted by molar-refractivity contribution is 6.07. The number of H-pyrrole nitrogens is 1. The van der Waals surface area contributed by atoms with Crippen molar-refractivity contribution in [1.82, 2.24) is 4.98 Å². The van der Waals surface area contributed by atoms with Crippen LogP contribution in [0.25, 0.3) is 11.1 Å². The molecule has 29 heavy (non-hydrogen) atoms. The van der Waals surface area contributed by atoms with Gasteiger partial charge < -0.3 is 25.7 Å². The second-order valence-electron chi connectivity index (χ2n) is 5.89. The van der Waals surface area contributed by atoms with Crippen molar-refractivity contribution in [2.75, 3.05) is 5.73 Å². The van der Waals surface area contributed by atoms with Gasteiger partial charge >= 0.3 is 17.9 Å². The maximum atomic E-state index is 12.2. The van der Waals surface area contributed by atoms with E-state index in [0.717, 1.165) is 0 Å². The molecule has 0 saturated heterocycles. The van der Waals surface area contributed by atoms with Gasteiger partial charge in [-0.3, -0.25) is 4.79 Å². The van der Waals surface area contributed by atoms with E-state index in [1.165, 1.54) is 24.3 Å². The van der Waals surface area contributed by atoms with Crippen molar-refractivity contribution in [3.05, 3.63) is 81.6 Å². The number of carbonyl (C=O) groups excluding carboxylic acids is 1. The number of aromatic carboxylic acids is 2. The first-order valence-corrected chi connectivity index (χ1v) is 8.19. The number of aromatic amines is 1. The summed E-state index contributed by atoms with van der Waals surface area (Å²) in [7, 11) is 0. The van der Waals surface area contributed by atoms with E-state index in [1.807, 2.05) is 4.98 Å². The standard InChI is InChI=1S/C20H14N2O7/c21-16-14(18(24)25)13(15(19(26)27)17(23)22-16)11-7-4-8-12(9-11)29-20(28)10-5-2-1-3-6-10/h1-9H,(H,24,25)(H,26,27)(H3,21,22,23). The number of benzene rings is 2. The molecule has 9 heteroatoms. The van der Waals surface area contributed by atoms with Gasteiger partial charge in [0.25, 0.3) is 5.56 Å². The number of nitrogen functional groups attached to an aromatic ring is 1. The highest BCUT2D eigenvalue weighted by Gasteiger charge is 2.26. The highest BCUT2D eigenvalue weighted by atomic mass is 16.5. The average Bonchev–Trinajstić information content (AvgIpc) is 2.67. The molecular weight excluding hydrogens is 380 g/mol. The number of anilines is 1. The zero-order chi connectivity index (χ0) is 21.1. The lowest BCUT2D eigenvalue weighted by Crippen LogP contribution is -2.24. The number of hydrogen-bond donors (Lipinski definition) is 4. The SMILES string of the molecule is Nc1[nH]c(=O)c(C(=O)O)c(-c2cccc(OC(=O)c3ccccc3)c2)c1C(=O)O. The molecule has 0 saturated carbocycles. The van der Waals surface area contributed by atoms with E-state index >= 15 is 0 Å². The number of carbonyl (C=O) groups is 3. The predicted molar refractivity (Wildman–Crippen MR) is 102 cm³/mol. The fourth-order valence-electron chi connectivity index (χ4n) is 2.79. The van der Waals surface area contributed by atoms with E-state index in [-0.39, 0.29) is 22.4 Å². The minimum Gasteiger partial charge on any atom is -0.478 e. The molecule has 9 nitrogen and oxygen atoms in total. The second-order valence-corrected chi connectivity index (χ2v) is 5.89. The van der Waals surface area contributed by atoms with Crippen molar-refractivity contribution >= 4 is 23.7 Å². The van der Waals surface area contributed by atoms with Gasteiger partial charge in [0, 0.05) is 5.56 Å². The van der Waals surface area contributed by atoms with E-state index in [0.29, 0.717) is 0 Å². The number of esters is 1. The van der Waals surface area contributed by atoms with Gasteiger partial charge in [-0.2, -0.15) is 0 Å². The molecule has 0 aliphatic rings. The van der Waals surface area contributed by atoms with E-state index < -0.39 is 40.4 Å². The van der Waals surface area contributed by atoms with Gasteiger partial charge in [0.1, 0.15) is 22.7 Å². The summed E-state index contributed by atoms with van der Waals surface area (Å²) >= 11 is 0. The Bertz CT molecular complexity index is 1180. The minimum absolute atomic E-state index is 0.0304. The molecule has 0 bridgehead atoms. The van der Waals surface area contributed by atoms with Gasteiger partial charge in [-0.05, 0) is 29.8 Å². The Morgan fingerprint density at radius 2 is 1.55 bits per heavy atom. The summed E-state index contributed by atoms with van der Waals surface area (Å²) in [6, 6.07) is 13.6. The van der Waals surface area contributed by atoms with Crippen LogP contribution in [0.2, 0.25) is 0 Å². The lowest BCUT2D eigenvalue weighted by atomic mass is 9.95. The molecule has 3 rings (SSSR count). The number of nitrogens with one attached hydrogen (secondary N) is 1. The zero-order valence-corrected chi connectivity index (χ0v) is 14.7. The van der Waals surface area contributed by atoms with Crippen molar-refractivity contribution < 1.29 is 29.3 Å². The molecule has 146 valence electrons. The first kappa shape index (κ1) is 19.4. The number of carboxylic acid groups (broad SMARTS) is 2. The van der Waals surface area contributed by atoms with Gasteiger partial charge in [0.15, 0.2) is 0 Å². The minimum atomic E-state index is -1.63. The molecule has 0 atom stereocenters. The van der Waals surface area contributed by atoms with Gasteiger partial charge in [-0.15, -0.1) is 0 Å². The van der Waals surface area contributed by atoms with Crippen molar-refractivity contribution in [2.24, 2.45) is 0 Å². The highest BCUT2D eigenvalue weighted by Crippen LogP contribution is 2.31. The summed E-state index contributed by atoms with van der Waals surface area (Å²) in [4.78, 5) is 49.6. The molecule has 0 radical (unpaired) electrons. The number of aromatic nitrogens is 1. The predicted octanol–water partition coefficient (Wildman–Crippen LogP) is 2.24. The van der Waals surface area contributed by atoms with Crippen molar-refractivity contribution in [3.8, 4) is 16.9 Å². The third kappa shape index (κ3) is 3.83. The van der Waals surface area contributed by atoms with E-state index in [9.17, 15) is 29.4 Å². The number of carboxylic acids is 2. The summed E-state index contributed by atoms with van der Waals surface area (Å²) in [5.74, 6) is -4.28. The topological polar surface area (TPSA) is 160 Å². The Labute approximate surface area is 163 Å². The monoisotopic (exact) mass is 394 g/mol. The zero-order valence-electron chi connectivity index (χ0n) is 14.7. The maximum Gasteiger partial charge on any atom is 0.343 e. The molecule has 1 aromatic heterocycles. The van der Waals surface area contributed by atoms with Crippen molar-refractivity contribution in [2.45, 2.75) is 0 Å². The summed E-state index contributed by atoms with van der Waals surface area (Å²) in [6.07, 6.45) is 0. The van der Waals surface area contributed by atoms with Crippen LogP contribution in [0.4, 0.5) is 5.82 Å². The molecule has 2 aromatic carbocycles. The fourth-order valence-corrected chi connectivity index (χ4v) is 2.79. The smallest absolute Gasteiger partial charge is 0.343 e. The largest absolute Gasteiger partial charge is 0.478 e. The molecule has 3 aromatic rings. The van der Waals surface area contributed by atoms with Crippen LogP contribution in [-0.4, -0.2) is 33.1 Å². The molecule has 1 heterocycles. The summed E-state index contributed by atoms with van der Waals surface area (Å²) < 4.78 is 5.27. The summed E-state index contributed by atoms with van der Waals surface area (Å²) in [6.45, 7) is 0. The van der Waals surface area contributed by atoms with Crippen LogP contribution in [0, 0.1) is 0 Å². The number of nitrogens with two attached hydrogens (primary N) is 1. The van der Waals surface area contributed by atoms with Gasteiger partial charge in [0.05, 0.1) is 5.56 Å². The quantitative estimate of drug-likeness (QED) is 0.378. The van der Waals surface area contributed by atoms with Crippen molar-refractivity contribution in [3.63, 3.8) is 0 Å². The molecule has 0 spiro atoms. The Kier molecular flexibility index (Phi) is 5.13. The molecular formula is C20H14N2O7. The molecule has 0 aliphatic carbocycles. The summed E-state index contributed by atoms with van der Waals surface area (Å²) in [5, 5.41) is 18.9. The lowest BCUT2D eigenvalue weighted by Gasteiger charge is -2.13. The number of ether oxygens (including phenoxy) is 1. The van der Waals surface area contributed by atoms with Gasteiger partial charge in [-0.25, -0.2) is 14.4 Å². The van der Waals surface area contributed by atoms with Crippen LogP contribution in [0.5, 0.6) is 5.75 Å². The fraction of sp³-hybridized carbons (Fsp3) is 0. The van der Waals surface area contributed by atoms with Crippen LogP contribution < -0.4 is 16.0 Å². The van der Waals surface area contributed by atoms with E-state index in [1.54, 1.807) is 30.3 Å². The third-order valence-corrected chi connectivity index (χ3v) is 4.02. The molecule has 0 amide bonds. The number of rotatable bonds is 5. The normalized spacial score (nSPS) is 10.3. The average molecular weight is 394 g/mol. The van der Waals surface area contributed by atoms with Crippen LogP contribution in [0.1, 0.15) is 31.1 Å². The maximum absolute atomic E-state index is 12.2. The lowest BCUT2D eigenvalue weighted by molar-refractivity contribution is 0.0692. The van der Waals surface area contributed by atoms with Crippen LogP contribution >= 0.6 is 0 Å². The summed E-state index contributed by atoms with van der Waals surface area (Å²) in [5.41, 5.74) is 3.13. The third-order valence-electron chi connectivity index (χ3n) is 4.02. The molecule has 0 aliphatic heterocycles. The van der Waals surface area contributed by atoms with Crippen LogP contribution in [-0.2, 0) is 0 Å². The Balaban J connectivity index is 2.14. The Morgan fingerprint density at radius 3 is 2.17 bits per heavy atom. The van der Waals surface area contributed by atoms with Crippen LogP contribution in [0.15, 0.2) is 59.4 Å². The molecule has 0 unspecified atom stereocenters. The van der Waals surface area contributed by atoms with E-state index in [2.05, 4.69) is 0 Å². The van der Waals surface area contributed by atoms with Gasteiger partial charge in [-0.1, -0.05) is 30.3 Å².